The molecule has 0 amide bonds. The normalized spacial score (nSPS) is 21.2. The lowest BCUT2D eigenvalue weighted by Gasteiger charge is -2.21. The minimum absolute atomic E-state index is 0.209. The Balaban J connectivity index is 2.39. The second-order valence-electron chi connectivity index (χ2n) is 2.05. The number of hydrogen-bond donors (Lipinski definition) is 2. The van der Waals surface area contributed by atoms with Crippen LogP contribution in [0.5, 0.6) is 0 Å². The molecule has 0 aromatic heterocycles. The first-order chi connectivity index (χ1) is 4.84. The predicted molar refractivity (Wildman–Crippen MR) is 32.3 cm³/mol. The molecule has 2 N–H and O–H groups in total. The third-order valence-corrected chi connectivity index (χ3v) is 1.41. The van der Waals surface area contributed by atoms with E-state index in [1.54, 1.807) is 0 Å². The summed E-state index contributed by atoms with van der Waals surface area (Å²) in [6.07, 6.45) is 0. The fourth-order valence-electron chi connectivity index (χ4n) is 0.881. The Bertz CT molecular complexity index is 131. The van der Waals surface area contributed by atoms with E-state index in [4.69, 9.17) is 5.21 Å². The Labute approximate surface area is 58.3 Å². The second-order valence-corrected chi connectivity index (χ2v) is 2.05. The van der Waals surface area contributed by atoms with Gasteiger partial charge in [-0.1, -0.05) is 0 Å². The molecule has 0 bridgehead atoms. The third kappa shape index (κ3) is 1.47. The number of nitrogens with zero attached hydrogens (tertiary/aromatic N) is 3. The molecule has 1 rings (SSSR count). The van der Waals surface area contributed by atoms with Crippen LogP contribution in [0.15, 0.2) is 5.28 Å². The molecule has 0 atom stereocenters. The van der Waals surface area contributed by atoms with Crippen molar-refractivity contribution in [1.82, 2.24) is 10.3 Å². The molecule has 0 aromatic carbocycles. The minimum atomic E-state index is 0.209. The van der Waals surface area contributed by atoms with Crippen molar-refractivity contribution in [1.29, 1.82) is 0 Å². The zero-order chi connectivity index (χ0) is 7.40. The van der Waals surface area contributed by atoms with Gasteiger partial charge >= 0.3 is 0 Å². The fraction of sp³-hybridized carbons (Fsp3) is 1.00. The van der Waals surface area contributed by atoms with Crippen LogP contribution in [0.3, 0.4) is 0 Å². The lowest BCUT2D eigenvalue weighted by Crippen LogP contribution is -2.46. The van der Waals surface area contributed by atoms with Crippen molar-refractivity contribution in [2.45, 2.75) is 0 Å². The van der Waals surface area contributed by atoms with E-state index < -0.39 is 0 Å². The van der Waals surface area contributed by atoms with Gasteiger partial charge in [0.2, 0.25) is 5.28 Å². The monoisotopic (exact) mass is 146 g/mol. The maximum Gasteiger partial charge on any atom is 0.230 e. The molecule has 0 aliphatic carbocycles. The van der Waals surface area contributed by atoms with Gasteiger partial charge in [-0.25, -0.2) is 0 Å². The SMILES string of the molecule is [O-][N+](=NO)N1CCNCC1. The molecule has 1 saturated heterocycles. The van der Waals surface area contributed by atoms with E-state index in [1.165, 1.54) is 5.01 Å². The van der Waals surface area contributed by atoms with E-state index >= 15 is 0 Å². The predicted octanol–water partition coefficient (Wildman–Crippen LogP) is -0.842. The molecule has 1 aliphatic rings. The van der Waals surface area contributed by atoms with Gasteiger partial charge in [0.05, 0.1) is 18.1 Å². The smallest absolute Gasteiger partial charge is 0.230 e. The maximum atomic E-state index is 10.6. The van der Waals surface area contributed by atoms with Crippen LogP contribution in [0.4, 0.5) is 0 Å². The molecular weight excluding hydrogens is 136 g/mol. The van der Waals surface area contributed by atoms with Crippen LogP contribution in [0.1, 0.15) is 0 Å². The summed E-state index contributed by atoms with van der Waals surface area (Å²) in [5, 5.41) is 25.6. The summed E-state index contributed by atoms with van der Waals surface area (Å²) in [6, 6.07) is 0. The molecule has 0 spiro atoms. The quantitative estimate of drug-likeness (QED) is 0.287. The van der Waals surface area contributed by atoms with Crippen molar-refractivity contribution in [2.24, 2.45) is 5.28 Å². The highest BCUT2D eigenvalue weighted by Gasteiger charge is 2.15. The van der Waals surface area contributed by atoms with E-state index in [2.05, 4.69) is 10.6 Å². The highest BCUT2D eigenvalue weighted by atomic mass is 16.6. The van der Waals surface area contributed by atoms with Crippen molar-refractivity contribution in [3.63, 3.8) is 0 Å². The van der Waals surface area contributed by atoms with Gasteiger partial charge in [-0.05, 0) is 0 Å². The molecule has 0 saturated carbocycles. The van der Waals surface area contributed by atoms with Crippen LogP contribution in [0.2, 0.25) is 0 Å². The van der Waals surface area contributed by atoms with Crippen LogP contribution in [-0.2, 0) is 0 Å². The lowest BCUT2D eigenvalue weighted by molar-refractivity contribution is -0.710. The van der Waals surface area contributed by atoms with E-state index in [0.717, 1.165) is 13.1 Å². The summed E-state index contributed by atoms with van der Waals surface area (Å²) >= 11 is 0. The Morgan fingerprint density at radius 3 is 2.60 bits per heavy atom. The maximum absolute atomic E-state index is 10.6. The number of nitrogens with one attached hydrogen (secondary N) is 1. The van der Waals surface area contributed by atoms with Crippen molar-refractivity contribution in [3.8, 4) is 0 Å². The van der Waals surface area contributed by atoms with Crippen LogP contribution >= 0.6 is 0 Å². The van der Waals surface area contributed by atoms with Crippen LogP contribution in [0, 0.1) is 5.21 Å². The van der Waals surface area contributed by atoms with Gasteiger partial charge in [0.1, 0.15) is 0 Å². The number of hydrazine groups is 1. The van der Waals surface area contributed by atoms with E-state index in [9.17, 15) is 5.21 Å². The van der Waals surface area contributed by atoms with E-state index in [-0.39, 0.29) is 4.97 Å². The minimum Gasteiger partial charge on any atom is -0.569 e. The van der Waals surface area contributed by atoms with Crippen molar-refractivity contribution in [3.05, 3.63) is 5.21 Å². The molecule has 0 radical (unpaired) electrons. The molecule has 0 unspecified atom stereocenters. The molecule has 0 aromatic rings. The standard InChI is InChI=1S/C4H10N4O2/c9-6-8(10)7-3-1-5-2-4-7/h5,9H,1-4H2. The van der Waals surface area contributed by atoms with Crippen molar-refractivity contribution < 1.29 is 10.2 Å². The molecule has 1 heterocycles. The molecule has 10 heavy (non-hydrogen) atoms. The number of piperazine rings is 1. The zero-order valence-corrected chi connectivity index (χ0v) is 5.53. The van der Waals surface area contributed by atoms with Gasteiger partial charge in [-0.15, -0.1) is 5.01 Å². The molecule has 1 fully saturated rings. The van der Waals surface area contributed by atoms with Crippen molar-refractivity contribution in [2.75, 3.05) is 26.2 Å². The molecular formula is C4H10N4O2. The highest BCUT2D eigenvalue weighted by molar-refractivity contribution is 4.58. The summed E-state index contributed by atoms with van der Waals surface area (Å²) in [6.45, 7) is 2.70. The van der Waals surface area contributed by atoms with Gasteiger partial charge in [0.25, 0.3) is 0 Å². The average Bonchev–Trinajstić information content (AvgIpc) is 2.05. The number of hydrogen-bond acceptors (Lipinski definition) is 3. The average molecular weight is 146 g/mol. The van der Waals surface area contributed by atoms with Crippen LogP contribution < -0.4 is 5.32 Å². The molecule has 1 aliphatic heterocycles. The fourth-order valence-corrected chi connectivity index (χ4v) is 0.881. The highest BCUT2D eigenvalue weighted by Crippen LogP contribution is 1.91. The van der Waals surface area contributed by atoms with Crippen LogP contribution in [-0.4, -0.2) is 41.4 Å². The van der Waals surface area contributed by atoms with E-state index in [0.29, 0.717) is 13.1 Å². The summed E-state index contributed by atoms with van der Waals surface area (Å²) in [4.78, 5) is 0.209. The summed E-state index contributed by atoms with van der Waals surface area (Å²) in [5.74, 6) is 0. The molecule has 58 valence electrons. The second kappa shape index (κ2) is 3.21. The lowest BCUT2D eigenvalue weighted by atomic mass is 10.4. The first-order valence-electron chi connectivity index (χ1n) is 3.12. The summed E-state index contributed by atoms with van der Waals surface area (Å²) in [5.41, 5.74) is 0. The first kappa shape index (κ1) is 7.07. The Kier molecular flexibility index (Phi) is 2.27. The Hall–Kier alpha value is -1.04. The van der Waals surface area contributed by atoms with Gasteiger partial charge in [0.15, 0.2) is 0 Å². The Morgan fingerprint density at radius 1 is 1.50 bits per heavy atom. The number of rotatable bonds is 1. The van der Waals surface area contributed by atoms with Gasteiger partial charge in [0, 0.05) is 13.1 Å². The third-order valence-electron chi connectivity index (χ3n) is 1.41. The molecule has 6 heteroatoms. The van der Waals surface area contributed by atoms with Gasteiger partial charge in [-0.3, -0.25) is 0 Å². The summed E-state index contributed by atoms with van der Waals surface area (Å²) < 4.78 is 0. The zero-order valence-electron chi connectivity index (χ0n) is 5.53. The molecule has 6 nitrogen and oxygen atoms in total. The van der Waals surface area contributed by atoms with Gasteiger partial charge < -0.3 is 15.7 Å². The van der Waals surface area contributed by atoms with Gasteiger partial charge in [-0.2, -0.15) is 0 Å². The topological polar surface area (TPSA) is 73.9 Å². The van der Waals surface area contributed by atoms with E-state index in [1.807, 2.05) is 0 Å². The van der Waals surface area contributed by atoms with Crippen molar-refractivity contribution >= 4 is 0 Å². The first-order valence-corrected chi connectivity index (χ1v) is 3.12. The largest absolute Gasteiger partial charge is 0.569 e. The van der Waals surface area contributed by atoms with Crippen LogP contribution in [0.25, 0.3) is 0 Å². The summed E-state index contributed by atoms with van der Waals surface area (Å²) in [7, 11) is 0. The Morgan fingerprint density at radius 2 is 2.10 bits per heavy atom.